The Hall–Kier alpha value is -1.94. The van der Waals surface area contributed by atoms with Crippen molar-refractivity contribution in [3.05, 3.63) is 65.2 Å². The Labute approximate surface area is 123 Å². The second-order valence-corrected chi connectivity index (χ2v) is 5.04. The molecule has 2 N–H and O–H groups in total. The Morgan fingerprint density at radius 1 is 1.05 bits per heavy atom. The fourth-order valence-electron chi connectivity index (χ4n) is 2.02. The molecule has 0 aromatic heterocycles. The van der Waals surface area contributed by atoms with E-state index in [9.17, 15) is 8.78 Å². The van der Waals surface area contributed by atoms with Crippen LogP contribution in [0.25, 0.3) is 0 Å². The second kappa shape index (κ2) is 7.18. The summed E-state index contributed by atoms with van der Waals surface area (Å²) in [5.74, 6) is 0.0298. The number of rotatable bonds is 6. The van der Waals surface area contributed by atoms with E-state index in [1.807, 2.05) is 6.92 Å². The van der Waals surface area contributed by atoms with Crippen LogP contribution in [0.1, 0.15) is 24.5 Å². The molecule has 0 aliphatic carbocycles. The Kier molecular flexibility index (Phi) is 5.28. The lowest BCUT2D eigenvalue weighted by Gasteiger charge is -2.14. The van der Waals surface area contributed by atoms with E-state index in [0.29, 0.717) is 18.8 Å². The molecule has 1 unspecified atom stereocenters. The SMILES string of the molecule is CCC(N)Cc1cc(F)ccc1OCc1ccc(F)cc1. The van der Waals surface area contributed by atoms with Gasteiger partial charge in [0.25, 0.3) is 0 Å². The van der Waals surface area contributed by atoms with Crippen molar-refractivity contribution in [3.8, 4) is 5.75 Å². The van der Waals surface area contributed by atoms with Crippen molar-refractivity contribution in [1.82, 2.24) is 0 Å². The van der Waals surface area contributed by atoms with Crippen LogP contribution in [0.5, 0.6) is 5.75 Å². The summed E-state index contributed by atoms with van der Waals surface area (Å²) in [6.45, 7) is 2.29. The summed E-state index contributed by atoms with van der Waals surface area (Å²) in [5, 5.41) is 0. The average molecular weight is 291 g/mol. The van der Waals surface area contributed by atoms with Crippen molar-refractivity contribution in [3.63, 3.8) is 0 Å². The number of nitrogens with two attached hydrogens (primary N) is 1. The van der Waals surface area contributed by atoms with Gasteiger partial charge in [-0.15, -0.1) is 0 Å². The molecule has 0 aliphatic heterocycles. The standard InChI is InChI=1S/C17H19F2NO/c1-2-16(20)10-13-9-15(19)7-8-17(13)21-11-12-3-5-14(18)6-4-12/h3-9,16H,2,10-11,20H2,1H3. The molecule has 0 amide bonds. The highest BCUT2D eigenvalue weighted by atomic mass is 19.1. The molecule has 21 heavy (non-hydrogen) atoms. The van der Waals surface area contributed by atoms with Gasteiger partial charge in [0, 0.05) is 6.04 Å². The fourth-order valence-corrected chi connectivity index (χ4v) is 2.02. The Balaban J connectivity index is 2.09. The summed E-state index contributed by atoms with van der Waals surface area (Å²) < 4.78 is 31.9. The maximum atomic E-state index is 13.4. The summed E-state index contributed by atoms with van der Waals surface area (Å²) in [6, 6.07) is 10.5. The Bertz CT molecular complexity index is 584. The van der Waals surface area contributed by atoms with E-state index in [1.165, 1.54) is 24.3 Å². The monoisotopic (exact) mass is 291 g/mol. The first-order valence-corrected chi connectivity index (χ1v) is 6.99. The molecule has 2 aromatic carbocycles. The van der Waals surface area contributed by atoms with Crippen LogP contribution in [-0.4, -0.2) is 6.04 Å². The summed E-state index contributed by atoms with van der Waals surface area (Å²) in [4.78, 5) is 0. The third-order valence-electron chi connectivity index (χ3n) is 3.34. The van der Waals surface area contributed by atoms with E-state index in [2.05, 4.69) is 0 Å². The first kappa shape index (κ1) is 15.4. The number of ether oxygens (including phenoxy) is 1. The predicted octanol–water partition coefficient (Wildman–Crippen LogP) is 3.82. The number of hydrogen-bond acceptors (Lipinski definition) is 2. The smallest absolute Gasteiger partial charge is 0.123 e. The molecule has 2 rings (SSSR count). The molecule has 2 nitrogen and oxygen atoms in total. The minimum absolute atomic E-state index is 0.0278. The minimum atomic E-state index is -0.303. The van der Waals surface area contributed by atoms with Crippen LogP contribution in [0.3, 0.4) is 0 Å². The van der Waals surface area contributed by atoms with Gasteiger partial charge in [-0.05, 0) is 54.3 Å². The van der Waals surface area contributed by atoms with Gasteiger partial charge in [-0.2, -0.15) is 0 Å². The Morgan fingerprint density at radius 2 is 1.71 bits per heavy atom. The van der Waals surface area contributed by atoms with Crippen LogP contribution in [0.2, 0.25) is 0 Å². The van der Waals surface area contributed by atoms with E-state index < -0.39 is 0 Å². The topological polar surface area (TPSA) is 35.2 Å². The lowest BCUT2D eigenvalue weighted by atomic mass is 10.0. The molecule has 0 aliphatic rings. The van der Waals surface area contributed by atoms with Crippen molar-refractivity contribution in [1.29, 1.82) is 0 Å². The lowest BCUT2D eigenvalue weighted by Crippen LogP contribution is -2.21. The maximum Gasteiger partial charge on any atom is 0.123 e. The summed E-state index contributed by atoms with van der Waals surface area (Å²) >= 11 is 0. The van der Waals surface area contributed by atoms with Crippen molar-refractivity contribution >= 4 is 0 Å². The summed E-state index contributed by atoms with van der Waals surface area (Å²) in [5.41, 5.74) is 7.54. The zero-order valence-corrected chi connectivity index (χ0v) is 12.0. The van der Waals surface area contributed by atoms with Crippen LogP contribution in [0.4, 0.5) is 8.78 Å². The first-order valence-electron chi connectivity index (χ1n) is 6.99. The highest BCUT2D eigenvalue weighted by Crippen LogP contribution is 2.22. The van der Waals surface area contributed by atoms with Gasteiger partial charge in [-0.1, -0.05) is 19.1 Å². The minimum Gasteiger partial charge on any atom is -0.489 e. The van der Waals surface area contributed by atoms with Gasteiger partial charge < -0.3 is 10.5 Å². The Morgan fingerprint density at radius 3 is 2.38 bits per heavy atom. The first-order chi connectivity index (χ1) is 10.1. The van der Waals surface area contributed by atoms with Crippen molar-refractivity contribution in [2.75, 3.05) is 0 Å². The van der Waals surface area contributed by atoms with Crippen LogP contribution in [0, 0.1) is 11.6 Å². The van der Waals surface area contributed by atoms with Gasteiger partial charge in [-0.3, -0.25) is 0 Å². The molecule has 0 saturated carbocycles. The molecule has 0 spiro atoms. The van der Waals surface area contributed by atoms with E-state index in [1.54, 1.807) is 18.2 Å². The third kappa shape index (κ3) is 4.53. The molecular formula is C17H19F2NO. The second-order valence-electron chi connectivity index (χ2n) is 5.04. The number of halogens is 2. The van der Waals surface area contributed by atoms with E-state index in [0.717, 1.165) is 17.5 Å². The predicted molar refractivity (Wildman–Crippen MR) is 79.1 cm³/mol. The van der Waals surface area contributed by atoms with Gasteiger partial charge >= 0.3 is 0 Å². The highest BCUT2D eigenvalue weighted by Gasteiger charge is 2.10. The van der Waals surface area contributed by atoms with Crippen LogP contribution < -0.4 is 10.5 Å². The maximum absolute atomic E-state index is 13.4. The van der Waals surface area contributed by atoms with E-state index in [-0.39, 0.29) is 17.7 Å². The van der Waals surface area contributed by atoms with Gasteiger partial charge in [0.2, 0.25) is 0 Å². The molecule has 0 radical (unpaired) electrons. The zero-order valence-electron chi connectivity index (χ0n) is 12.0. The van der Waals surface area contributed by atoms with Crippen LogP contribution >= 0.6 is 0 Å². The largest absolute Gasteiger partial charge is 0.489 e. The normalized spacial score (nSPS) is 12.2. The quantitative estimate of drug-likeness (QED) is 0.878. The van der Waals surface area contributed by atoms with Gasteiger partial charge in [-0.25, -0.2) is 8.78 Å². The van der Waals surface area contributed by atoms with Crippen molar-refractivity contribution < 1.29 is 13.5 Å². The van der Waals surface area contributed by atoms with Gasteiger partial charge in [0.15, 0.2) is 0 Å². The summed E-state index contributed by atoms with van der Waals surface area (Å²) in [7, 11) is 0. The molecule has 0 fully saturated rings. The molecule has 0 saturated heterocycles. The van der Waals surface area contributed by atoms with Crippen LogP contribution in [-0.2, 0) is 13.0 Å². The fraction of sp³-hybridized carbons (Fsp3) is 0.294. The van der Waals surface area contributed by atoms with Gasteiger partial charge in [0.1, 0.15) is 24.0 Å². The molecule has 4 heteroatoms. The molecular weight excluding hydrogens is 272 g/mol. The van der Waals surface area contributed by atoms with E-state index >= 15 is 0 Å². The summed E-state index contributed by atoms with van der Waals surface area (Å²) in [6.07, 6.45) is 1.38. The van der Waals surface area contributed by atoms with Crippen molar-refractivity contribution in [2.45, 2.75) is 32.4 Å². The third-order valence-corrected chi connectivity index (χ3v) is 3.34. The van der Waals surface area contributed by atoms with Gasteiger partial charge in [0.05, 0.1) is 0 Å². The van der Waals surface area contributed by atoms with Crippen molar-refractivity contribution in [2.24, 2.45) is 5.73 Å². The average Bonchev–Trinajstić information content (AvgIpc) is 2.48. The molecule has 1 atom stereocenters. The van der Waals surface area contributed by atoms with E-state index in [4.69, 9.17) is 10.5 Å². The number of hydrogen-bond donors (Lipinski definition) is 1. The highest BCUT2D eigenvalue weighted by molar-refractivity contribution is 5.35. The molecule has 0 heterocycles. The molecule has 0 bridgehead atoms. The number of benzene rings is 2. The lowest BCUT2D eigenvalue weighted by molar-refractivity contribution is 0.301. The molecule has 112 valence electrons. The molecule has 2 aromatic rings. The van der Waals surface area contributed by atoms with Crippen LogP contribution in [0.15, 0.2) is 42.5 Å². The zero-order chi connectivity index (χ0) is 15.2.